The van der Waals surface area contributed by atoms with Crippen molar-refractivity contribution >= 4 is 17.1 Å². The molecule has 0 atom stereocenters. The molecule has 4 nitrogen and oxygen atoms in total. The fourth-order valence-electron chi connectivity index (χ4n) is 4.04. The van der Waals surface area contributed by atoms with E-state index in [-0.39, 0.29) is 30.4 Å². The standard InChI is InChI=1S/C25H26F4N4/c1-15(2)32-12-19(13-32)16(3)33(21-6-4-5-20(26)10-21)14-18-8-7-17(9-22(18)27)23-11-24(25(28)29)31-30-23/h4-10,15,19,25H,3,11-14H2,1-2H3. The van der Waals surface area contributed by atoms with Gasteiger partial charge in [-0.1, -0.05) is 24.8 Å². The van der Waals surface area contributed by atoms with Crippen LogP contribution in [0.4, 0.5) is 23.2 Å². The highest BCUT2D eigenvalue weighted by Gasteiger charge is 2.33. The third-order valence-corrected chi connectivity index (χ3v) is 6.19. The first-order chi connectivity index (χ1) is 15.7. The number of alkyl halides is 2. The highest BCUT2D eigenvalue weighted by molar-refractivity contribution is 6.15. The fourth-order valence-corrected chi connectivity index (χ4v) is 4.04. The van der Waals surface area contributed by atoms with Gasteiger partial charge in [-0.25, -0.2) is 17.6 Å². The van der Waals surface area contributed by atoms with Crippen LogP contribution in [-0.4, -0.2) is 41.9 Å². The van der Waals surface area contributed by atoms with Crippen molar-refractivity contribution in [2.45, 2.75) is 39.3 Å². The molecule has 1 fully saturated rings. The smallest absolute Gasteiger partial charge is 0.278 e. The first-order valence-corrected chi connectivity index (χ1v) is 10.9. The number of halogens is 4. The van der Waals surface area contributed by atoms with Crippen LogP contribution in [-0.2, 0) is 6.54 Å². The van der Waals surface area contributed by atoms with E-state index in [1.165, 1.54) is 18.2 Å². The van der Waals surface area contributed by atoms with Crippen molar-refractivity contribution in [3.05, 3.63) is 77.5 Å². The number of likely N-dealkylation sites (tertiary alicyclic amines) is 1. The summed E-state index contributed by atoms with van der Waals surface area (Å²) in [7, 11) is 0. The summed E-state index contributed by atoms with van der Waals surface area (Å²) >= 11 is 0. The molecule has 4 rings (SSSR count). The van der Waals surface area contributed by atoms with E-state index >= 15 is 4.39 Å². The number of benzene rings is 2. The van der Waals surface area contributed by atoms with Gasteiger partial charge in [0.05, 0.1) is 12.3 Å². The minimum Gasteiger partial charge on any atom is -0.341 e. The lowest BCUT2D eigenvalue weighted by Crippen LogP contribution is -2.52. The van der Waals surface area contributed by atoms with Crippen molar-refractivity contribution in [3.8, 4) is 0 Å². The SMILES string of the molecule is C=C(C1CN(C(C)C)C1)N(Cc1ccc(C2=NN=C(C(F)F)C2)cc1F)c1cccc(F)c1. The molecular formula is C25H26F4N4. The first kappa shape index (κ1) is 23.2. The lowest BCUT2D eigenvalue weighted by atomic mass is 9.93. The predicted molar refractivity (Wildman–Crippen MR) is 123 cm³/mol. The molecule has 174 valence electrons. The molecule has 33 heavy (non-hydrogen) atoms. The molecule has 2 aliphatic heterocycles. The molecule has 0 spiro atoms. The third kappa shape index (κ3) is 5.00. The zero-order valence-electron chi connectivity index (χ0n) is 18.6. The number of nitrogens with zero attached hydrogens (tertiary/aromatic N) is 4. The van der Waals surface area contributed by atoms with Gasteiger partial charge in [0.15, 0.2) is 0 Å². The van der Waals surface area contributed by atoms with Crippen LogP contribution in [0.2, 0.25) is 0 Å². The summed E-state index contributed by atoms with van der Waals surface area (Å²) in [6, 6.07) is 11.1. The van der Waals surface area contributed by atoms with Crippen molar-refractivity contribution in [2.75, 3.05) is 18.0 Å². The molecule has 0 amide bonds. The Labute approximate surface area is 190 Å². The van der Waals surface area contributed by atoms with Crippen molar-refractivity contribution in [2.24, 2.45) is 16.1 Å². The number of hydrogen-bond donors (Lipinski definition) is 0. The highest BCUT2D eigenvalue weighted by atomic mass is 19.3. The molecule has 2 aliphatic rings. The third-order valence-electron chi connectivity index (χ3n) is 6.19. The lowest BCUT2D eigenvalue weighted by molar-refractivity contribution is 0.0865. The Morgan fingerprint density at radius 3 is 2.48 bits per heavy atom. The maximum absolute atomic E-state index is 15.1. The second kappa shape index (κ2) is 9.47. The Morgan fingerprint density at radius 2 is 1.88 bits per heavy atom. The van der Waals surface area contributed by atoms with Crippen LogP contribution >= 0.6 is 0 Å². The van der Waals surface area contributed by atoms with Gasteiger partial charge in [-0.2, -0.15) is 10.2 Å². The molecule has 2 aromatic carbocycles. The molecule has 0 bridgehead atoms. The highest BCUT2D eigenvalue weighted by Crippen LogP contribution is 2.32. The monoisotopic (exact) mass is 458 g/mol. The molecule has 0 saturated carbocycles. The van der Waals surface area contributed by atoms with Crippen molar-refractivity contribution in [3.63, 3.8) is 0 Å². The van der Waals surface area contributed by atoms with Crippen LogP contribution < -0.4 is 4.90 Å². The van der Waals surface area contributed by atoms with Gasteiger partial charge < -0.3 is 4.90 Å². The average Bonchev–Trinajstić information content (AvgIpc) is 3.22. The number of hydrogen-bond acceptors (Lipinski definition) is 4. The van der Waals surface area contributed by atoms with Gasteiger partial charge in [-0.3, -0.25) is 4.90 Å². The minimum atomic E-state index is -2.68. The molecule has 0 N–H and O–H groups in total. The minimum absolute atomic E-state index is 0.100. The van der Waals surface area contributed by atoms with Crippen LogP contribution in [0.5, 0.6) is 0 Å². The molecular weight excluding hydrogens is 432 g/mol. The van der Waals surface area contributed by atoms with Gasteiger partial charge in [0.2, 0.25) is 0 Å². The molecule has 0 radical (unpaired) electrons. The maximum atomic E-state index is 15.1. The Morgan fingerprint density at radius 1 is 1.12 bits per heavy atom. The topological polar surface area (TPSA) is 31.2 Å². The fraction of sp³-hybridized carbons (Fsp3) is 0.360. The molecule has 2 aromatic rings. The largest absolute Gasteiger partial charge is 0.341 e. The van der Waals surface area contributed by atoms with Gasteiger partial charge in [-0.05, 0) is 38.1 Å². The summed E-state index contributed by atoms with van der Waals surface area (Å²) in [5, 5.41) is 7.27. The van der Waals surface area contributed by atoms with Gasteiger partial charge in [0, 0.05) is 54.0 Å². The first-order valence-electron chi connectivity index (χ1n) is 10.9. The summed E-state index contributed by atoms with van der Waals surface area (Å²) in [4.78, 5) is 4.15. The van der Waals surface area contributed by atoms with Crippen LogP contribution in [0.25, 0.3) is 0 Å². The summed E-state index contributed by atoms with van der Waals surface area (Å²) in [5.74, 6) is -0.685. The Bertz CT molecular complexity index is 1100. The van der Waals surface area contributed by atoms with Crippen molar-refractivity contribution in [1.82, 2.24) is 4.90 Å². The van der Waals surface area contributed by atoms with E-state index < -0.39 is 12.2 Å². The summed E-state index contributed by atoms with van der Waals surface area (Å²) < 4.78 is 54.7. The number of rotatable bonds is 8. The van der Waals surface area contributed by atoms with Crippen LogP contribution in [0, 0.1) is 17.6 Å². The molecule has 0 aromatic heterocycles. The molecule has 0 aliphatic carbocycles. The molecule has 2 heterocycles. The summed E-state index contributed by atoms with van der Waals surface area (Å²) in [6.45, 7) is 10.4. The zero-order valence-corrected chi connectivity index (χ0v) is 18.6. The summed E-state index contributed by atoms with van der Waals surface area (Å²) in [6.07, 6.45) is -2.78. The van der Waals surface area contributed by atoms with Crippen LogP contribution in [0.1, 0.15) is 31.4 Å². The van der Waals surface area contributed by atoms with Crippen molar-refractivity contribution < 1.29 is 17.6 Å². The Hall–Kier alpha value is -3.00. The Balaban J connectivity index is 1.54. The van der Waals surface area contributed by atoms with E-state index in [2.05, 4.69) is 35.5 Å². The van der Waals surface area contributed by atoms with Crippen LogP contribution in [0.3, 0.4) is 0 Å². The lowest BCUT2D eigenvalue weighted by Gasteiger charge is -2.45. The van der Waals surface area contributed by atoms with E-state index in [1.54, 1.807) is 24.3 Å². The predicted octanol–water partition coefficient (Wildman–Crippen LogP) is 5.64. The quantitative estimate of drug-likeness (QED) is 0.480. The summed E-state index contributed by atoms with van der Waals surface area (Å²) in [5.41, 5.74) is 2.19. The van der Waals surface area contributed by atoms with E-state index in [1.807, 2.05) is 4.90 Å². The normalized spacial score (nSPS) is 16.7. The van der Waals surface area contributed by atoms with Gasteiger partial charge >= 0.3 is 0 Å². The second-order valence-corrected chi connectivity index (χ2v) is 8.72. The van der Waals surface area contributed by atoms with Crippen LogP contribution in [0.15, 0.2) is 64.9 Å². The molecule has 0 unspecified atom stereocenters. The zero-order chi connectivity index (χ0) is 23.7. The maximum Gasteiger partial charge on any atom is 0.278 e. The molecule has 1 saturated heterocycles. The molecule has 8 heteroatoms. The van der Waals surface area contributed by atoms with Gasteiger partial charge in [0.1, 0.15) is 17.3 Å². The number of anilines is 1. The van der Waals surface area contributed by atoms with E-state index in [4.69, 9.17) is 0 Å². The average molecular weight is 459 g/mol. The second-order valence-electron chi connectivity index (χ2n) is 8.72. The van der Waals surface area contributed by atoms with E-state index in [0.29, 0.717) is 28.6 Å². The van der Waals surface area contributed by atoms with Gasteiger partial charge in [-0.15, -0.1) is 0 Å². The van der Waals surface area contributed by atoms with E-state index in [0.717, 1.165) is 18.8 Å². The van der Waals surface area contributed by atoms with E-state index in [9.17, 15) is 13.2 Å². The van der Waals surface area contributed by atoms with Crippen molar-refractivity contribution in [1.29, 1.82) is 0 Å². The van der Waals surface area contributed by atoms with Gasteiger partial charge in [0.25, 0.3) is 6.43 Å². The Kier molecular flexibility index (Phi) is 6.65.